The average Bonchev–Trinajstić information content (AvgIpc) is 2.61. The van der Waals surface area contributed by atoms with Crippen LogP contribution in [0.15, 0.2) is 54.6 Å². The highest BCUT2D eigenvalue weighted by Gasteiger charge is 2.36. The molecule has 1 N–H and O–H groups in total. The summed E-state index contributed by atoms with van der Waals surface area (Å²) < 4.78 is 5.45. The van der Waals surface area contributed by atoms with Crippen molar-refractivity contribution in [2.24, 2.45) is 0 Å². The van der Waals surface area contributed by atoms with E-state index in [9.17, 15) is 5.11 Å². The topological polar surface area (TPSA) is 32.7 Å². The van der Waals surface area contributed by atoms with Gasteiger partial charge in [0, 0.05) is 30.6 Å². The number of nitrogens with zero attached hydrogens (tertiary/aromatic N) is 1. The van der Waals surface area contributed by atoms with Crippen molar-refractivity contribution >= 4 is 11.6 Å². The number of halogens is 1. The van der Waals surface area contributed by atoms with Crippen molar-refractivity contribution in [3.05, 3.63) is 70.7 Å². The first-order valence-corrected chi connectivity index (χ1v) is 8.78. The van der Waals surface area contributed by atoms with Crippen molar-refractivity contribution in [2.75, 3.05) is 32.8 Å². The molecule has 24 heavy (non-hydrogen) atoms. The molecule has 2 aromatic carbocycles. The molecule has 0 saturated carbocycles. The lowest BCUT2D eigenvalue weighted by molar-refractivity contribution is -0.0107. The van der Waals surface area contributed by atoms with Crippen LogP contribution in [0, 0.1) is 0 Å². The van der Waals surface area contributed by atoms with E-state index in [1.165, 1.54) is 0 Å². The van der Waals surface area contributed by atoms with Crippen LogP contribution in [0.1, 0.15) is 24.0 Å². The maximum Gasteiger partial charge on any atom is 0.0949 e. The fourth-order valence-corrected chi connectivity index (χ4v) is 3.45. The van der Waals surface area contributed by atoms with Crippen LogP contribution in [0.2, 0.25) is 5.02 Å². The van der Waals surface area contributed by atoms with Crippen molar-refractivity contribution in [3.8, 4) is 0 Å². The van der Waals surface area contributed by atoms with Gasteiger partial charge in [-0.15, -0.1) is 0 Å². The SMILES string of the molecule is CC(O)(c1ccc(Cl)cc1)C(CN1CCOCC1)c1ccccc1. The molecule has 0 bridgehead atoms. The van der Waals surface area contributed by atoms with Gasteiger partial charge in [0.25, 0.3) is 0 Å². The highest BCUT2D eigenvalue weighted by atomic mass is 35.5. The zero-order valence-electron chi connectivity index (χ0n) is 14.0. The molecule has 0 amide bonds. The molecule has 1 aliphatic heterocycles. The number of rotatable bonds is 5. The first-order valence-electron chi connectivity index (χ1n) is 8.41. The van der Waals surface area contributed by atoms with E-state index in [0.29, 0.717) is 5.02 Å². The van der Waals surface area contributed by atoms with Crippen LogP contribution in [0.3, 0.4) is 0 Å². The van der Waals surface area contributed by atoms with E-state index in [1.807, 2.05) is 49.4 Å². The van der Waals surface area contributed by atoms with Gasteiger partial charge < -0.3 is 9.84 Å². The molecule has 2 unspecified atom stereocenters. The molecule has 0 spiro atoms. The van der Waals surface area contributed by atoms with Gasteiger partial charge in [-0.05, 0) is 30.2 Å². The van der Waals surface area contributed by atoms with Crippen LogP contribution in [-0.4, -0.2) is 42.9 Å². The Morgan fingerprint density at radius 1 is 1.08 bits per heavy atom. The minimum Gasteiger partial charge on any atom is -0.385 e. The second kappa shape index (κ2) is 7.66. The Kier molecular flexibility index (Phi) is 5.57. The summed E-state index contributed by atoms with van der Waals surface area (Å²) in [5, 5.41) is 12.1. The third-order valence-corrected chi connectivity index (χ3v) is 5.11. The fraction of sp³-hybridized carbons (Fsp3) is 0.400. The van der Waals surface area contributed by atoms with Gasteiger partial charge in [-0.3, -0.25) is 4.90 Å². The van der Waals surface area contributed by atoms with Crippen molar-refractivity contribution in [1.82, 2.24) is 4.90 Å². The molecular weight excluding hydrogens is 322 g/mol. The van der Waals surface area contributed by atoms with Crippen molar-refractivity contribution in [1.29, 1.82) is 0 Å². The van der Waals surface area contributed by atoms with E-state index < -0.39 is 5.60 Å². The highest BCUT2D eigenvalue weighted by Crippen LogP contribution is 2.38. The summed E-state index contributed by atoms with van der Waals surface area (Å²) in [7, 11) is 0. The molecule has 0 aliphatic carbocycles. The second-order valence-electron chi connectivity index (χ2n) is 6.53. The third-order valence-electron chi connectivity index (χ3n) is 4.85. The van der Waals surface area contributed by atoms with Crippen LogP contribution in [-0.2, 0) is 10.3 Å². The largest absolute Gasteiger partial charge is 0.385 e. The predicted octanol–water partition coefficient (Wildman–Crippen LogP) is 3.66. The Morgan fingerprint density at radius 2 is 1.71 bits per heavy atom. The molecule has 1 aliphatic rings. The molecule has 2 aromatic rings. The summed E-state index contributed by atoms with van der Waals surface area (Å²) in [6, 6.07) is 17.7. The van der Waals surface area contributed by atoms with E-state index >= 15 is 0 Å². The van der Waals surface area contributed by atoms with Crippen LogP contribution >= 0.6 is 11.6 Å². The number of hydrogen-bond donors (Lipinski definition) is 1. The molecule has 1 heterocycles. The number of aliphatic hydroxyl groups is 1. The molecule has 128 valence electrons. The summed E-state index contributed by atoms with van der Waals surface area (Å²) in [6.45, 7) is 6.01. The summed E-state index contributed by atoms with van der Waals surface area (Å²) in [6.07, 6.45) is 0. The van der Waals surface area contributed by atoms with Crippen LogP contribution < -0.4 is 0 Å². The molecule has 3 rings (SSSR count). The van der Waals surface area contributed by atoms with Crippen molar-refractivity contribution in [2.45, 2.75) is 18.4 Å². The van der Waals surface area contributed by atoms with Crippen LogP contribution in [0.4, 0.5) is 0 Å². The van der Waals surface area contributed by atoms with Gasteiger partial charge in [0.2, 0.25) is 0 Å². The first kappa shape index (κ1) is 17.4. The number of benzene rings is 2. The van der Waals surface area contributed by atoms with Gasteiger partial charge in [-0.1, -0.05) is 54.1 Å². The van der Waals surface area contributed by atoms with Gasteiger partial charge in [0.1, 0.15) is 0 Å². The highest BCUT2D eigenvalue weighted by molar-refractivity contribution is 6.30. The lowest BCUT2D eigenvalue weighted by Crippen LogP contribution is -2.43. The smallest absolute Gasteiger partial charge is 0.0949 e. The normalized spacial score (nSPS) is 19.6. The number of ether oxygens (including phenoxy) is 1. The van der Waals surface area contributed by atoms with E-state index in [4.69, 9.17) is 16.3 Å². The van der Waals surface area contributed by atoms with E-state index in [2.05, 4.69) is 17.0 Å². The minimum absolute atomic E-state index is 0.0297. The van der Waals surface area contributed by atoms with E-state index in [-0.39, 0.29) is 5.92 Å². The predicted molar refractivity (Wildman–Crippen MR) is 97.5 cm³/mol. The van der Waals surface area contributed by atoms with Crippen LogP contribution in [0.5, 0.6) is 0 Å². The molecule has 0 radical (unpaired) electrons. The van der Waals surface area contributed by atoms with Crippen molar-refractivity contribution in [3.63, 3.8) is 0 Å². The molecule has 1 saturated heterocycles. The Hall–Kier alpha value is -1.39. The number of hydrogen-bond acceptors (Lipinski definition) is 3. The average molecular weight is 346 g/mol. The quantitative estimate of drug-likeness (QED) is 0.897. The molecule has 0 aromatic heterocycles. The first-order chi connectivity index (χ1) is 11.6. The van der Waals surface area contributed by atoms with Crippen molar-refractivity contribution < 1.29 is 9.84 Å². The van der Waals surface area contributed by atoms with E-state index in [1.54, 1.807) is 0 Å². The Labute approximate surface area is 148 Å². The third kappa shape index (κ3) is 3.98. The van der Waals surface area contributed by atoms with Gasteiger partial charge in [-0.2, -0.15) is 0 Å². The maximum atomic E-state index is 11.4. The summed E-state index contributed by atoms with van der Waals surface area (Å²) in [4.78, 5) is 2.37. The zero-order chi connectivity index (χ0) is 17.0. The fourth-order valence-electron chi connectivity index (χ4n) is 3.32. The lowest BCUT2D eigenvalue weighted by Gasteiger charge is -2.38. The Balaban J connectivity index is 1.91. The number of morpholine rings is 1. The van der Waals surface area contributed by atoms with Gasteiger partial charge in [-0.25, -0.2) is 0 Å². The molecular formula is C20H24ClNO2. The standard InChI is InChI=1S/C20H24ClNO2/c1-20(23,17-7-9-18(21)10-8-17)19(16-5-3-2-4-6-16)15-22-11-13-24-14-12-22/h2-10,19,23H,11-15H2,1H3. The minimum atomic E-state index is -0.982. The van der Waals surface area contributed by atoms with Crippen LogP contribution in [0.25, 0.3) is 0 Å². The van der Waals surface area contributed by atoms with E-state index in [0.717, 1.165) is 44.0 Å². The molecule has 2 atom stereocenters. The molecule has 1 fully saturated rings. The van der Waals surface area contributed by atoms with Gasteiger partial charge >= 0.3 is 0 Å². The van der Waals surface area contributed by atoms with Gasteiger partial charge in [0.15, 0.2) is 0 Å². The lowest BCUT2D eigenvalue weighted by atomic mass is 9.78. The molecule has 4 heteroatoms. The monoisotopic (exact) mass is 345 g/mol. The van der Waals surface area contributed by atoms with Gasteiger partial charge in [0.05, 0.1) is 18.8 Å². The second-order valence-corrected chi connectivity index (χ2v) is 6.97. The Morgan fingerprint density at radius 3 is 2.33 bits per heavy atom. The zero-order valence-corrected chi connectivity index (χ0v) is 14.7. The summed E-state index contributed by atoms with van der Waals surface area (Å²) in [5.74, 6) is -0.0297. The summed E-state index contributed by atoms with van der Waals surface area (Å²) >= 11 is 6.01. The maximum absolute atomic E-state index is 11.4. The molecule has 3 nitrogen and oxygen atoms in total. The summed E-state index contributed by atoms with van der Waals surface area (Å²) in [5.41, 5.74) is 1.04. The Bertz CT molecular complexity index is 636.